The van der Waals surface area contributed by atoms with Crippen LogP contribution in [-0.4, -0.2) is 18.6 Å². The van der Waals surface area contributed by atoms with Crippen molar-refractivity contribution in [1.29, 1.82) is 0 Å². The lowest BCUT2D eigenvalue weighted by molar-refractivity contribution is 0.473. The topological polar surface area (TPSA) is 34.1 Å². The summed E-state index contributed by atoms with van der Waals surface area (Å²) in [6.45, 7) is 3.02. The Morgan fingerprint density at radius 3 is 3.05 bits per heavy atom. The third-order valence-electron chi connectivity index (χ3n) is 3.54. The predicted molar refractivity (Wildman–Crippen MR) is 75.9 cm³/mol. The van der Waals surface area contributed by atoms with Crippen molar-refractivity contribution in [2.45, 2.75) is 19.3 Å². The summed E-state index contributed by atoms with van der Waals surface area (Å²) in [5.74, 6) is 2.19. The van der Waals surface area contributed by atoms with Crippen LogP contribution in [-0.2, 0) is 6.42 Å². The Balaban J connectivity index is 2.09. The predicted octanol–water partition coefficient (Wildman–Crippen LogP) is 3.04. The van der Waals surface area contributed by atoms with E-state index in [2.05, 4.69) is 35.4 Å². The number of pyridine rings is 1. The Morgan fingerprint density at radius 1 is 1.32 bits per heavy atom. The molecular formula is C16H18N2O. The van der Waals surface area contributed by atoms with Crippen LogP contribution >= 0.6 is 0 Å². The molecule has 0 aliphatic carbocycles. The van der Waals surface area contributed by atoms with Crippen LogP contribution in [0.25, 0.3) is 0 Å². The van der Waals surface area contributed by atoms with Crippen molar-refractivity contribution in [2.24, 2.45) is 0 Å². The summed E-state index contributed by atoms with van der Waals surface area (Å²) in [5, 5.41) is 3.26. The number of benzene rings is 1. The first-order valence-corrected chi connectivity index (χ1v) is 6.65. The third kappa shape index (κ3) is 2.34. The Morgan fingerprint density at radius 2 is 2.21 bits per heavy atom. The summed E-state index contributed by atoms with van der Waals surface area (Å²) in [4.78, 5) is 4.52. The second-order valence-corrected chi connectivity index (χ2v) is 5.06. The molecule has 0 radical (unpaired) electrons. The molecule has 0 saturated carbocycles. The molecule has 19 heavy (non-hydrogen) atoms. The zero-order chi connectivity index (χ0) is 13.2. The van der Waals surface area contributed by atoms with E-state index in [1.165, 1.54) is 11.1 Å². The second kappa shape index (κ2) is 5.02. The molecule has 2 heterocycles. The van der Waals surface area contributed by atoms with Gasteiger partial charge >= 0.3 is 0 Å². The molecule has 3 heteroatoms. The quantitative estimate of drug-likeness (QED) is 0.894. The normalized spacial score (nSPS) is 17.1. The average molecular weight is 254 g/mol. The zero-order valence-corrected chi connectivity index (χ0v) is 11.3. The monoisotopic (exact) mass is 254 g/mol. The van der Waals surface area contributed by atoms with Gasteiger partial charge in [-0.05, 0) is 44.2 Å². The number of aryl methyl sites for hydroxylation is 1. The largest absolute Gasteiger partial charge is 0.455 e. The Bertz CT molecular complexity index is 595. The molecule has 3 rings (SSSR count). The van der Waals surface area contributed by atoms with Crippen LogP contribution in [0.15, 0.2) is 36.5 Å². The summed E-state index contributed by atoms with van der Waals surface area (Å²) in [6.07, 6.45) is 2.80. The summed E-state index contributed by atoms with van der Waals surface area (Å²) in [5.41, 5.74) is 3.58. The van der Waals surface area contributed by atoms with Gasteiger partial charge in [-0.15, -0.1) is 0 Å². The first kappa shape index (κ1) is 12.2. The van der Waals surface area contributed by atoms with Crippen LogP contribution in [0.2, 0.25) is 0 Å². The highest BCUT2D eigenvalue weighted by Gasteiger charge is 2.24. The summed E-state index contributed by atoms with van der Waals surface area (Å²) in [6, 6.07) is 10.3. The van der Waals surface area contributed by atoms with E-state index in [4.69, 9.17) is 4.74 Å². The van der Waals surface area contributed by atoms with Crippen LogP contribution in [0, 0.1) is 6.92 Å². The van der Waals surface area contributed by atoms with Crippen LogP contribution in [0.4, 0.5) is 0 Å². The van der Waals surface area contributed by atoms with Gasteiger partial charge < -0.3 is 10.1 Å². The Kier molecular flexibility index (Phi) is 3.22. The minimum absolute atomic E-state index is 0.351. The number of likely N-dealkylation sites (N-methyl/N-ethyl adjacent to an activating group) is 1. The van der Waals surface area contributed by atoms with Gasteiger partial charge in [-0.3, -0.25) is 4.98 Å². The van der Waals surface area contributed by atoms with Gasteiger partial charge in [-0.25, -0.2) is 0 Å². The number of nitrogens with one attached hydrogen (secondary N) is 1. The fourth-order valence-corrected chi connectivity index (χ4v) is 2.66. The molecule has 1 aromatic heterocycles. The lowest BCUT2D eigenvalue weighted by Gasteiger charge is -2.14. The molecule has 1 atom stereocenters. The SMILES string of the molecule is CNC[C@H]1Cc2cc(C)ccc2Oc2cccnc21. The second-order valence-electron chi connectivity index (χ2n) is 5.06. The minimum Gasteiger partial charge on any atom is -0.455 e. The maximum Gasteiger partial charge on any atom is 0.149 e. The minimum atomic E-state index is 0.351. The van der Waals surface area contributed by atoms with Gasteiger partial charge in [-0.2, -0.15) is 0 Å². The molecule has 1 N–H and O–H groups in total. The molecule has 2 aromatic rings. The summed E-state index contributed by atoms with van der Waals surface area (Å²) in [7, 11) is 1.98. The number of ether oxygens (including phenoxy) is 1. The lowest BCUT2D eigenvalue weighted by Crippen LogP contribution is -2.19. The fourth-order valence-electron chi connectivity index (χ4n) is 2.66. The van der Waals surface area contributed by atoms with Crippen molar-refractivity contribution in [3.8, 4) is 11.5 Å². The van der Waals surface area contributed by atoms with Crippen molar-refractivity contribution < 1.29 is 4.74 Å². The number of rotatable bonds is 2. The van der Waals surface area contributed by atoms with Gasteiger partial charge in [-0.1, -0.05) is 17.7 Å². The number of hydrogen-bond acceptors (Lipinski definition) is 3. The standard InChI is InChI=1S/C16H18N2O/c1-11-5-6-14-12(8-11)9-13(10-17-2)16-15(19-14)4-3-7-18-16/h3-8,13,17H,9-10H2,1-2H3/t13-/m1/s1. The molecule has 1 aliphatic rings. The maximum absolute atomic E-state index is 6.04. The first-order chi connectivity index (χ1) is 9.28. The molecule has 1 aromatic carbocycles. The average Bonchev–Trinajstić information content (AvgIpc) is 2.56. The van der Waals surface area contributed by atoms with Crippen molar-refractivity contribution in [1.82, 2.24) is 10.3 Å². The Labute approximate surface area is 113 Å². The molecule has 3 nitrogen and oxygen atoms in total. The van der Waals surface area contributed by atoms with Crippen LogP contribution in [0.3, 0.4) is 0 Å². The maximum atomic E-state index is 6.04. The van der Waals surface area contributed by atoms with Gasteiger partial charge in [0.15, 0.2) is 0 Å². The van der Waals surface area contributed by atoms with Gasteiger partial charge in [0.05, 0.1) is 5.69 Å². The first-order valence-electron chi connectivity index (χ1n) is 6.65. The van der Waals surface area contributed by atoms with Crippen LogP contribution < -0.4 is 10.1 Å². The molecule has 0 saturated heterocycles. The van der Waals surface area contributed by atoms with Gasteiger partial charge in [0, 0.05) is 18.7 Å². The number of aromatic nitrogens is 1. The van der Waals surface area contributed by atoms with Crippen LogP contribution in [0.1, 0.15) is 22.7 Å². The highest BCUT2D eigenvalue weighted by molar-refractivity contribution is 5.46. The smallest absolute Gasteiger partial charge is 0.149 e. The van der Waals surface area contributed by atoms with E-state index in [0.29, 0.717) is 5.92 Å². The lowest BCUT2D eigenvalue weighted by atomic mass is 9.95. The van der Waals surface area contributed by atoms with Crippen LogP contribution in [0.5, 0.6) is 11.5 Å². The fraction of sp³-hybridized carbons (Fsp3) is 0.312. The number of nitrogens with zero attached hydrogens (tertiary/aromatic N) is 1. The van der Waals surface area contributed by atoms with E-state index in [0.717, 1.165) is 30.2 Å². The van der Waals surface area contributed by atoms with E-state index >= 15 is 0 Å². The van der Waals surface area contributed by atoms with Crippen molar-refractivity contribution >= 4 is 0 Å². The van der Waals surface area contributed by atoms with Crippen molar-refractivity contribution in [2.75, 3.05) is 13.6 Å². The summed E-state index contributed by atoms with van der Waals surface area (Å²) < 4.78 is 6.04. The Hall–Kier alpha value is -1.87. The van der Waals surface area contributed by atoms with Gasteiger partial charge in [0.25, 0.3) is 0 Å². The molecule has 0 unspecified atom stereocenters. The van der Waals surface area contributed by atoms with E-state index in [1.54, 1.807) is 0 Å². The van der Waals surface area contributed by atoms with Crippen molar-refractivity contribution in [3.05, 3.63) is 53.3 Å². The molecule has 1 aliphatic heterocycles. The highest BCUT2D eigenvalue weighted by Crippen LogP contribution is 2.38. The zero-order valence-electron chi connectivity index (χ0n) is 11.3. The summed E-state index contributed by atoms with van der Waals surface area (Å²) >= 11 is 0. The van der Waals surface area contributed by atoms with Crippen molar-refractivity contribution in [3.63, 3.8) is 0 Å². The molecule has 0 amide bonds. The molecule has 98 valence electrons. The van der Waals surface area contributed by atoms with Gasteiger partial charge in [0.1, 0.15) is 11.5 Å². The van der Waals surface area contributed by atoms with E-state index in [-0.39, 0.29) is 0 Å². The molecular weight excluding hydrogens is 236 g/mol. The molecule has 0 fully saturated rings. The van der Waals surface area contributed by atoms with E-state index in [9.17, 15) is 0 Å². The van der Waals surface area contributed by atoms with Gasteiger partial charge in [0.2, 0.25) is 0 Å². The third-order valence-corrected chi connectivity index (χ3v) is 3.54. The molecule has 0 bridgehead atoms. The highest BCUT2D eigenvalue weighted by atomic mass is 16.5. The number of fused-ring (bicyclic) bond motifs is 2. The number of hydrogen-bond donors (Lipinski definition) is 1. The van der Waals surface area contributed by atoms with E-state index < -0.39 is 0 Å². The van der Waals surface area contributed by atoms with E-state index in [1.807, 2.05) is 25.4 Å². The molecule has 0 spiro atoms.